The number of ether oxygens (including phenoxy) is 2. The minimum atomic E-state index is -0.571. The summed E-state index contributed by atoms with van der Waals surface area (Å²) in [6, 6.07) is 0. The maximum Gasteiger partial charge on any atom is 0.185 e. The SMILES string of the molecule is O[C@H]1[C@@H]2OC[C@@H](O2)[C@@H](Br)[C@@H]1Br. The van der Waals surface area contributed by atoms with E-state index in [0.717, 1.165) is 0 Å². The van der Waals surface area contributed by atoms with Gasteiger partial charge in [-0.2, -0.15) is 0 Å². The van der Waals surface area contributed by atoms with Crippen molar-refractivity contribution >= 4 is 31.9 Å². The van der Waals surface area contributed by atoms with E-state index in [9.17, 15) is 5.11 Å². The molecular weight excluding hydrogens is 280 g/mol. The molecule has 0 aliphatic carbocycles. The Kier molecular flexibility index (Phi) is 2.27. The number of fused-ring (bicyclic) bond motifs is 2. The number of hydrogen-bond acceptors (Lipinski definition) is 3. The van der Waals surface area contributed by atoms with E-state index in [-0.39, 0.29) is 15.8 Å². The Morgan fingerprint density at radius 3 is 2.73 bits per heavy atom. The summed E-state index contributed by atoms with van der Waals surface area (Å²) < 4.78 is 10.5. The lowest BCUT2D eigenvalue weighted by atomic mass is 10.1. The Labute approximate surface area is 81.3 Å². The fourth-order valence-electron chi connectivity index (χ4n) is 1.33. The Morgan fingerprint density at radius 1 is 1.27 bits per heavy atom. The molecule has 2 aliphatic rings. The molecule has 0 aromatic heterocycles. The molecule has 2 saturated heterocycles. The third-order valence-electron chi connectivity index (χ3n) is 2.00. The second-order valence-corrected chi connectivity index (χ2v) is 4.87. The molecule has 2 bridgehead atoms. The number of aliphatic hydroxyl groups is 1. The van der Waals surface area contributed by atoms with E-state index in [1.165, 1.54) is 0 Å². The minimum absolute atomic E-state index is 0.0220. The van der Waals surface area contributed by atoms with Crippen molar-refractivity contribution in [3.63, 3.8) is 0 Å². The standard InChI is InChI=1S/C6H8Br2O3/c7-3-2-1-10-6(11-2)5(9)4(3)8/h2-6,9H,1H2/t2-,3-,4+,5-,6-/m1/s1. The highest BCUT2D eigenvalue weighted by atomic mass is 79.9. The lowest BCUT2D eigenvalue weighted by molar-refractivity contribution is -0.146. The van der Waals surface area contributed by atoms with Gasteiger partial charge in [-0.3, -0.25) is 0 Å². The first-order valence-corrected chi connectivity index (χ1v) is 5.26. The molecule has 0 radical (unpaired) electrons. The van der Waals surface area contributed by atoms with Gasteiger partial charge in [-0.15, -0.1) is 0 Å². The third kappa shape index (κ3) is 1.27. The van der Waals surface area contributed by atoms with Crippen LogP contribution in [0.15, 0.2) is 0 Å². The van der Waals surface area contributed by atoms with Gasteiger partial charge in [0.2, 0.25) is 0 Å². The molecule has 2 rings (SSSR count). The quantitative estimate of drug-likeness (QED) is 0.664. The van der Waals surface area contributed by atoms with Gasteiger partial charge in [-0.25, -0.2) is 0 Å². The van der Waals surface area contributed by atoms with Gasteiger partial charge in [0.25, 0.3) is 0 Å². The smallest absolute Gasteiger partial charge is 0.185 e. The Morgan fingerprint density at radius 2 is 2.00 bits per heavy atom. The molecule has 5 atom stereocenters. The summed E-state index contributed by atoms with van der Waals surface area (Å²) in [6.45, 7) is 0.569. The second-order valence-electron chi connectivity index (χ2n) is 2.76. The summed E-state index contributed by atoms with van der Waals surface area (Å²) in [4.78, 5) is 0.157. The van der Waals surface area contributed by atoms with Crippen LogP contribution in [0.2, 0.25) is 0 Å². The molecule has 0 aromatic rings. The number of alkyl halides is 2. The van der Waals surface area contributed by atoms with E-state index in [4.69, 9.17) is 9.47 Å². The molecule has 2 heterocycles. The average molecular weight is 288 g/mol. The van der Waals surface area contributed by atoms with Gasteiger partial charge >= 0.3 is 0 Å². The van der Waals surface area contributed by atoms with Crippen LogP contribution >= 0.6 is 31.9 Å². The zero-order valence-electron chi connectivity index (χ0n) is 5.61. The number of halogens is 2. The summed E-state index contributed by atoms with van der Waals surface area (Å²) in [5.41, 5.74) is 0. The summed E-state index contributed by atoms with van der Waals surface area (Å²) in [5.74, 6) is 0. The molecule has 64 valence electrons. The third-order valence-corrected chi connectivity index (χ3v) is 4.98. The number of hydrogen-bond donors (Lipinski definition) is 1. The van der Waals surface area contributed by atoms with Crippen LogP contribution in [0, 0.1) is 0 Å². The lowest BCUT2D eigenvalue weighted by Crippen LogP contribution is -2.48. The molecule has 0 saturated carbocycles. The first-order chi connectivity index (χ1) is 5.20. The zero-order valence-corrected chi connectivity index (χ0v) is 8.79. The molecule has 1 N–H and O–H groups in total. The van der Waals surface area contributed by atoms with Crippen LogP contribution in [0.1, 0.15) is 0 Å². The fourth-order valence-corrected chi connectivity index (χ4v) is 2.51. The molecule has 0 unspecified atom stereocenters. The molecule has 5 heteroatoms. The van der Waals surface area contributed by atoms with E-state index in [1.807, 2.05) is 0 Å². The van der Waals surface area contributed by atoms with Crippen LogP contribution in [0.25, 0.3) is 0 Å². The maximum atomic E-state index is 9.51. The van der Waals surface area contributed by atoms with E-state index < -0.39 is 12.4 Å². The summed E-state index contributed by atoms with van der Waals surface area (Å²) in [7, 11) is 0. The molecule has 0 aromatic carbocycles. The maximum absolute atomic E-state index is 9.51. The topological polar surface area (TPSA) is 38.7 Å². The monoisotopic (exact) mass is 286 g/mol. The van der Waals surface area contributed by atoms with Crippen LogP contribution < -0.4 is 0 Å². The average Bonchev–Trinajstić information content (AvgIpc) is 2.44. The first-order valence-electron chi connectivity index (χ1n) is 3.43. The zero-order chi connectivity index (χ0) is 8.01. The Balaban J connectivity index is 2.16. The van der Waals surface area contributed by atoms with Crippen LogP contribution in [0.3, 0.4) is 0 Å². The van der Waals surface area contributed by atoms with E-state index in [0.29, 0.717) is 6.61 Å². The summed E-state index contributed by atoms with van der Waals surface area (Å²) >= 11 is 6.82. The van der Waals surface area contributed by atoms with Crippen molar-refractivity contribution in [2.45, 2.75) is 28.2 Å². The van der Waals surface area contributed by atoms with Crippen LogP contribution in [-0.4, -0.2) is 39.9 Å². The summed E-state index contributed by atoms with van der Waals surface area (Å²) in [6.07, 6.45) is -0.927. The van der Waals surface area contributed by atoms with Gasteiger partial charge in [0.05, 0.1) is 22.4 Å². The predicted octanol–water partition coefficient (Wildman–Crippen LogP) is 0.629. The van der Waals surface area contributed by atoms with Crippen molar-refractivity contribution in [2.24, 2.45) is 0 Å². The van der Waals surface area contributed by atoms with Gasteiger partial charge in [-0.05, 0) is 0 Å². The van der Waals surface area contributed by atoms with Crippen LogP contribution in [0.4, 0.5) is 0 Å². The van der Waals surface area contributed by atoms with Crippen molar-refractivity contribution in [3.05, 3.63) is 0 Å². The van der Waals surface area contributed by atoms with Crippen LogP contribution in [-0.2, 0) is 9.47 Å². The van der Waals surface area contributed by atoms with E-state index in [1.54, 1.807) is 0 Å². The van der Waals surface area contributed by atoms with Crippen molar-refractivity contribution in [1.29, 1.82) is 0 Å². The molecular formula is C6H8Br2O3. The van der Waals surface area contributed by atoms with Crippen molar-refractivity contribution < 1.29 is 14.6 Å². The van der Waals surface area contributed by atoms with Gasteiger partial charge in [0, 0.05) is 0 Å². The normalized spacial score (nSPS) is 56.5. The van der Waals surface area contributed by atoms with Gasteiger partial charge < -0.3 is 14.6 Å². The van der Waals surface area contributed by atoms with E-state index >= 15 is 0 Å². The molecule has 0 amide bonds. The van der Waals surface area contributed by atoms with Gasteiger partial charge in [-0.1, -0.05) is 31.9 Å². The second kappa shape index (κ2) is 2.96. The molecule has 0 spiro atoms. The lowest BCUT2D eigenvalue weighted by Gasteiger charge is -2.32. The van der Waals surface area contributed by atoms with Gasteiger partial charge in [0.15, 0.2) is 6.29 Å². The van der Waals surface area contributed by atoms with Crippen molar-refractivity contribution in [1.82, 2.24) is 0 Å². The van der Waals surface area contributed by atoms with Crippen LogP contribution in [0.5, 0.6) is 0 Å². The van der Waals surface area contributed by atoms with Gasteiger partial charge in [0.1, 0.15) is 6.10 Å². The molecule has 2 fully saturated rings. The molecule has 2 aliphatic heterocycles. The van der Waals surface area contributed by atoms with Crippen molar-refractivity contribution in [2.75, 3.05) is 6.61 Å². The highest BCUT2D eigenvalue weighted by Crippen LogP contribution is 2.35. The highest BCUT2D eigenvalue weighted by Gasteiger charge is 2.47. The first kappa shape index (κ1) is 8.44. The predicted molar refractivity (Wildman–Crippen MR) is 46.0 cm³/mol. The van der Waals surface area contributed by atoms with E-state index in [2.05, 4.69) is 31.9 Å². The van der Waals surface area contributed by atoms with Crippen molar-refractivity contribution in [3.8, 4) is 0 Å². The Bertz CT molecular complexity index is 146. The Hall–Kier alpha value is 0.840. The highest BCUT2D eigenvalue weighted by molar-refractivity contribution is 9.12. The minimum Gasteiger partial charge on any atom is -0.387 e. The number of rotatable bonds is 0. The number of aliphatic hydroxyl groups excluding tert-OH is 1. The molecule has 3 nitrogen and oxygen atoms in total. The largest absolute Gasteiger partial charge is 0.387 e. The summed E-state index contributed by atoms with van der Waals surface area (Å²) in [5, 5.41) is 9.51. The molecule has 11 heavy (non-hydrogen) atoms. The fraction of sp³-hybridized carbons (Fsp3) is 1.00.